The Labute approximate surface area is 190 Å². The minimum atomic E-state index is -1.27. The number of carbonyl (C=O) groups excluding carboxylic acids is 1. The zero-order valence-corrected chi connectivity index (χ0v) is 19.3. The normalized spacial score (nSPS) is 23.2. The first-order chi connectivity index (χ1) is 15.1. The Kier molecular flexibility index (Phi) is 8.19. The fraction of sp³-hybridized carbons (Fsp3) is 0.652. The predicted octanol–water partition coefficient (Wildman–Crippen LogP) is 1.75. The number of para-hydroxylation sites is 1. The molecule has 3 rings (SSSR count). The van der Waals surface area contributed by atoms with Crippen molar-refractivity contribution in [2.45, 2.75) is 76.8 Å². The van der Waals surface area contributed by atoms with E-state index in [-0.39, 0.29) is 22.8 Å². The predicted molar refractivity (Wildman–Crippen MR) is 124 cm³/mol. The van der Waals surface area contributed by atoms with Crippen molar-refractivity contribution in [3.8, 4) is 5.75 Å². The lowest BCUT2D eigenvalue weighted by atomic mass is 9.72. The molecule has 1 saturated carbocycles. The van der Waals surface area contributed by atoms with Crippen molar-refractivity contribution in [2.24, 2.45) is 5.92 Å². The molecule has 0 saturated heterocycles. The molecular weight excluding hydrogens is 409 g/mol. The van der Waals surface area contributed by atoms with E-state index in [9.17, 15) is 19.7 Å². The molecule has 1 unspecified atom stereocenters. The van der Waals surface area contributed by atoms with Gasteiger partial charge in [-0.1, -0.05) is 12.1 Å². The first-order valence-electron chi connectivity index (χ1n) is 11.6. The second-order valence-corrected chi connectivity index (χ2v) is 10.0. The third kappa shape index (κ3) is 6.95. The molecule has 32 heavy (non-hydrogen) atoms. The van der Waals surface area contributed by atoms with E-state index in [0.29, 0.717) is 30.4 Å². The van der Waals surface area contributed by atoms with Crippen LogP contribution in [0.25, 0.3) is 0 Å². The quantitative estimate of drug-likeness (QED) is 0.306. The summed E-state index contributed by atoms with van der Waals surface area (Å²) in [5.41, 5.74) is 0.823. The van der Waals surface area contributed by atoms with Crippen LogP contribution in [-0.4, -0.2) is 59.7 Å². The van der Waals surface area contributed by atoms with E-state index in [2.05, 4.69) is 36.7 Å². The molecule has 1 atom stereocenters. The number of benzene rings is 1. The molecule has 176 valence electrons. The lowest BCUT2D eigenvalue weighted by Gasteiger charge is -2.31. The number of amides is 1. The molecule has 1 amide bonds. The average Bonchev–Trinajstić information content (AvgIpc) is 2.71. The van der Waals surface area contributed by atoms with Gasteiger partial charge in [-0.2, -0.15) is 0 Å². The number of nitrogens with one attached hydrogen (secondary N) is 3. The molecule has 1 heterocycles. The molecule has 1 aromatic rings. The van der Waals surface area contributed by atoms with Gasteiger partial charge in [0.15, 0.2) is 0 Å². The number of fused-ring (bicyclic) bond motifs is 1. The van der Waals surface area contributed by atoms with Crippen LogP contribution in [0.2, 0.25) is 0 Å². The number of hydrogen-bond donors (Lipinski definition) is 5. The minimum Gasteiger partial charge on any atom is -0.534 e. The Bertz CT molecular complexity index is 805. The molecule has 0 spiro atoms. The smallest absolute Gasteiger partial charge is 0.534 e. The van der Waals surface area contributed by atoms with Crippen molar-refractivity contribution in [3.05, 3.63) is 29.3 Å². The average molecular weight is 445 g/mol. The molecule has 2 aliphatic rings. The molecule has 8 nitrogen and oxygen atoms in total. The highest BCUT2D eigenvalue weighted by atomic mass is 16.5. The van der Waals surface area contributed by atoms with Crippen LogP contribution in [0.5, 0.6) is 5.75 Å². The van der Waals surface area contributed by atoms with Gasteiger partial charge >= 0.3 is 13.1 Å². The van der Waals surface area contributed by atoms with E-state index in [1.807, 2.05) is 0 Å². The summed E-state index contributed by atoms with van der Waals surface area (Å²) in [5, 5.41) is 29.6. The van der Waals surface area contributed by atoms with E-state index >= 15 is 0 Å². The van der Waals surface area contributed by atoms with Crippen LogP contribution in [0.3, 0.4) is 0 Å². The lowest BCUT2D eigenvalue weighted by Crippen LogP contribution is -2.53. The summed E-state index contributed by atoms with van der Waals surface area (Å²) in [5.74, 6) is -1.27. The molecule has 0 aromatic heterocycles. The fourth-order valence-electron chi connectivity index (χ4n) is 4.53. The summed E-state index contributed by atoms with van der Waals surface area (Å²) in [6.07, 6.45) is 4.91. The van der Waals surface area contributed by atoms with Gasteiger partial charge in [0.05, 0.1) is 11.5 Å². The molecule has 5 N–H and O–H groups in total. The van der Waals surface area contributed by atoms with Gasteiger partial charge in [0.25, 0.3) is 0 Å². The van der Waals surface area contributed by atoms with Gasteiger partial charge in [-0.3, -0.25) is 4.79 Å². The van der Waals surface area contributed by atoms with E-state index < -0.39 is 19.0 Å². The largest absolute Gasteiger partial charge is 0.547 e. The maximum Gasteiger partial charge on any atom is 0.547 e. The highest BCUT2D eigenvalue weighted by Gasteiger charge is 2.38. The number of rotatable bonds is 8. The standard InChI is InChI=1S/C23H36BN3O5/c1-23(2,3)26-12-11-25-17-9-7-15(8-10-17)13-20(28)27-19-14-16-5-4-6-18(22(29)30)21(16)32-24(19)31/h4-6,15,17,19,25-26,31H,7-14H2,1-3H3,(H,27,28)(H,29,30). The maximum atomic E-state index is 12.6. The molecule has 1 aliphatic carbocycles. The highest BCUT2D eigenvalue weighted by Crippen LogP contribution is 2.31. The SMILES string of the molecule is CC(C)(C)NCCNC1CCC(CC(=O)NC2Cc3cccc(C(=O)O)c3OB2O)CC1. The van der Waals surface area contributed by atoms with Crippen LogP contribution < -0.4 is 20.6 Å². The van der Waals surface area contributed by atoms with Crippen LogP contribution >= 0.6 is 0 Å². The van der Waals surface area contributed by atoms with Crippen LogP contribution in [0, 0.1) is 5.92 Å². The second kappa shape index (κ2) is 10.7. The first kappa shape index (κ1) is 24.5. The van der Waals surface area contributed by atoms with Crippen molar-refractivity contribution in [1.29, 1.82) is 0 Å². The van der Waals surface area contributed by atoms with Crippen LogP contribution in [0.15, 0.2) is 18.2 Å². The molecule has 9 heteroatoms. The van der Waals surface area contributed by atoms with Crippen molar-refractivity contribution < 1.29 is 24.4 Å². The number of hydrogen-bond acceptors (Lipinski definition) is 6. The Morgan fingerprint density at radius 3 is 2.53 bits per heavy atom. The fourth-order valence-corrected chi connectivity index (χ4v) is 4.53. The molecule has 1 aromatic carbocycles. The van der Waals surface area contributed by atoms with Gasteiger partial charge < -0.3 is 30.7 Å². The molecule has 1 fully saturated rings. The Morgan fingerprint density at radius 2 is 1.88 bits per heavy atom. The van der Waals surface area contributed by atoms with Gasteiger partial charge in [-0.05, 0) is 70.4 Å². The molecule has 0 radical (unpaired) electrons. The number of carboxylic acids is 1. The van der Waals surface area contributed by atoms with Crippen molar-refractivity contribution >= 4 is 19.0 Å². The number of aromatic carboxylic acids is 1. The molecular formula is C23H36BN3O5. The summed E-state index contributed by atoms with van der Waals surface area (Å²) in [4.78, 5) is 24.0. The topological polar surface area (TPSA) is 120 Å². The maximum absolute atomic E-state index is 12.6. The van der Waals surface area contributed by atoms with Crippen molar-refractivity contribution in [2.75, 3.05) is 13.1 Å². The second-order valence-electron chi connectivity index (χ2n) is 10.0. The third-order valence-electron chi connectivity index (χ3n) is 6.23. The Morgan fingerprint density at radius 1 is 1.16 bits per heavy atom. The van der Waals surface area contributed by atoms with Gasteiger partial charge in [-0.25, -0.2) is 4.79 Å². The van der Waals surface area contributed by atoms with Crippen molar-refractivity contribution in [3.63, 3.8) is 0 Å². The molecule has 0 bridgehead atoms. The van der Waals surface area contributed by atoms with E-state index in [0.717, 1.165) is 38.8 Å². The first-order valence-corrected chi connectivity index (χ1v) is 11.6. The number of carboxylic acid groups (broad SMARTS) is 1. The van der Waals surface area contributed by atoms with Crippen molar-refractivity contribution in [1.82, 2.24) is 16.0 Å². The van der Waals surface area contributed by atoms with E-state index in [1.54, 1.807) is 12.1 Å². The summed E-state index contributed by atoms with van der Waals surface area (Å²) < 4.78 is 5.46. The summed E-state index contributed by atoms with van der Waals surface area (Å²) in [6, 6.07) is 5.36. The minimum absolute atomic E-state index is 0.0193. The van der Waals surface area contributed by atoms with E-state index in [4.69, 9.17) is 4.65 Å². The highest BCUT2D eigenvalue weighted by molar-refractivity contribution is 6.47. The van der Waals surface area contributed by atoms with Gasteiger partial charge in [0, 0.05) is 31.1 Å². The lowest BCUT2D eigenvalue weighted by molar-refractivity contribution is -0.122. The zero-order valence-electron chi connectivity index (χ0n) is 19.3. The summed E-state index contributed by atoms with van der Waals surface area (Å²) in [6.45, 7) is 8.36. The third-order valence-corrected chi connectivity index (χ3v) is 6.23. The monoisotopic (exact) mass is 445 g/mol. The van der Waals surface area contributed by atoms with Crippen LogP contribution in [0.4, 0.5) is 0 Å². The van der Waals surface area contributed by atoms with Crippen LogP contribution in [0.1, 0.15) is 68.8 Å². The van der Waals surface area contributed by atoms with E-state index in [1.165, 1.54) is 6.07 Å². The summed E-state index contributed by atoms with van der Waals surface area (Å²) in [7, 11) is -1.27. The van der Waals surface area contributed by atoms with Gasteiger partial charge in [-0.15, -0.1) is 0 Å². The zero-order chi connectivity index (χ0) is 23.3. The number of carbonyl (C=O) groups is 2. The Balaban J connectivity index is 1.41. The van der Waals surface area contributed by atoms with Crippen LogP contribution in [-0.2, 0) is 11.2 Å². The Hall–Kier alpha value is -2.10. The molecule has 1 aliphatic heterocycles. The summed E-state index contributed by atoms with van der Waals surface area (Å²) >= 11 is 0. The van der Waals surface area contributed by atoms with Gasteiger partial charge in [0.1, 0.15) is 5.75 Å². The van der Waals surface area contributed by atoms with Gasteiger partial charge in [0.2, 0.25) is 5.91 Å².